The van der Waals surface area contributed by atoms with Crippen molar-refractivity contribution in [3.8, 4) is 0 Å². The Labute approximate surface area is 117 Å². The summed E-state index contributed by atoms with van der Waals surface area (Å²) in [6.45, 7) is 7.30. The topological polar surface area (TPSA) is 32.5 Å². The van der Waals surface area contributed by atoms with E-state index in [0.29, 0.717) is 0 Å². The van der Waals surface area contributed by atoms with Crippen molar-refractivity contribution in [2.45, 2.75) is 32.2 Å². The Kier molecular flexibility index (Phi) is 4.16. The minimum absolute atomic E-state index is 0.119. The lowest BCUT2D eigenvalue weighted by atomic mass is 9.87. The third kappa shape index (κ3) is 2.63. The molecule has 0 spiro atoms. The third-order valence-electron chi connectivity index (χ3n) is 4.80. The second-order valence-electron chi connectivity index (χ2n) is 6.07. The molecule has 3 heteroatoms. The molecule has 3 nitrogen and oxygen atoms in total. The summed E-state index contributed by atoms with van der Waals surface area (Å²) in [5, 5.41) is 0. The average Bonchev–Trinajstić information content (AvgIpc) is 2.41. The van der Waals surface area contributed by atoms with Crippen LogP contribution in [0.5, 0.6) is 0 Å². The maximum absolute atomic E-state index is 6.08. The van der Waals surface area contributed by atoms with E-state index in [2.05, 4.69) is 55.9 Å². The van der Waals surface area contributed by atoms with E-state index in [1.807, 2.05) is 0 Å². The predicted octanol–water partition coefficient (Wildman–Crippen LogP) is 2.16. The van der Waals surface area contributed by atoms with E-state index < -0.39 is 0 Å². The molecule has 1 saturated heterocycles. The van der Waals surface area contributed by atoms with Crippen molar-refractivity contribution in [2.24, 2.45) is 5.73 Å². The number of piperidine rings is 1. The lowest BCUT2D eigenvalue weighted by Gasteiger charge is -2.47. The van der Waals surface area contributed by atoms with Gasteiger partial charge in [-0.25, -0.2) is 0 Å². The Hall–Kier alpha value is -1.06. The molecule has 0 aromatic heterocycles. The van der Waals surface area contributed by atoms with Crippen LogP contribution in [0.2, 0.25) is 0 Å². The van der Waals surface area contributed by atoms with Crippen LogP contribution in [0.4, 0.5) is 5.69 Å². The van der Waals surface area contributed by atoms with Crippen molar-refractivity contribution in [1.82, 2.24) is 4.90 Å². The van der Waals surface area contributed by atoms with E-state index in [4.69, 9.17) is 5.73 Å². The molecule has 0 bridgehead atoms. The van der Waals surface area contributed by atoms with Gasteiger partial charge in [0.15, 0.2) is 0 Å². The predicted molar refractivity (Wildman–Crippen MR) is 82.8 cm³/mol. The highest BCUT2D eigenvalue weighted by Crippen LogP contribution is 2.31. The van der Waals surface area contributed by atoms with Crippen LogP contribution in [0.3, 0.4) is 0 Å². The minimum atomic E-state index is 0.119. The number of nitrogens with zero attached hydrogens (tertiary/aromatic N) is 2. The molecule has 2 rings (SSSR count). The second kappa shape index (κ2) is 5.51. The van der Waals surface area contributed by atoms with Gasteiger partial charge in [-0.05, 0) is 58.0 Å². The van der Waals surface area contributed by atoms with Crippen LogP contribution in [-0.2, 0) is 0 Å². The SMILES string of the molecule is Cc1cccc(N2CCCC(CN)(N(C)C)C2)c1C. The first-order chi connectivity index (χ1) is 9.00. The lowest BCUT2D eigenvalue weighted by molar-refractivity contribution is 0.135. The van der Waals surface area contributed by atoms with Gasteiger partial charge in [0.1, 0.15) is 0 Å². The summed E-state index contributed by atoms with van der Waals surface area (Å²) >= 11 is 0. The molecular weight excluding hydrogens is 234 g/mol. The Balaban J connectivity index is 2.28. The van der Waals surface area contributed by atoms with Gasteiger partial charge in [-0.2, -0.15) is 0 Å². The third-order valence-corrected chi connectivity index (χ3v) is 4.80. The highest BCUT2D eigenvalue weighted by atomic mass is 15.3. The van der Waals surface area contributed by atoms with Crippen LogP contribution in [0.25, 0.3) is 0 Å². The van der Waals surface area contributed by atoms with E-state index in [1.54, 1.807) is 0 Å². The molecule has 1 heterocycles. The first-order valence-electron chi connectivity index (χ1n) is 7.19. The Morgan fingerprint density at radius 3 is 2.68 bits per heavy atom. The molecule has 1 unspecified atom stereocenters. The largest absolute Gasteiger partial charge is 0.369 e. The van der Waals surface area contributed by atoms with Crippen LogP contribution in [0.1, 0.15) is 24.0 Å². The summed E-state index contributed by atoms with van der Waals surface area (Å²) in [6, 6.07) is 6.58. The van der Waals surface area contributed by atoms with Gasteiger partial charge in [0.05, 0.1) is 5.54 Å². The van der Waals surface area contributed by atoms with Crippen LogP contribution in [0, 0.1) is 13.8 Å². The van der Waals surface area contributed by atoms with Crippen LogP contribution in [-0.4, -0.2) is 44.2 Å². The second-order valence-corrected chi connectivity index (χ2v) is 6.07. The first kappa shape index (κ1) is 14.4. The number of rotatable bonds is 3. The fraction of sp³-hybridized carbons (Fsp3) is 0.625. The first-order valence-corrected chi connectivity index (χ1v) is 7.19. The summed E-state index contributed by atoms with van der Waals surface area (Å²) in [5.74, 6) is 0. The number of anilines is 1. The Bertz CT molecular complexity index is 442. The van der Waals surface area contributed by atoms with Crippen molar-refractivity contribution in [2.75, 3.05) is 38.6 Å². The summed E-state index contributed by atoms with van der Waals surface area (Å²) in [6.07, 6.45) is 2.40. The van der Waals surface area contributed by atoms with E-state index in [9.17, 15) is 0 Å². The molecule has 0 radical (unpaired) electrons. The maximum Gasteiger partial charge on any atom is 0.0501 e. The van der Waals surface area contributed by atoms with Crippen LogP contribution in [0.15, 0.2) is 18.2 Å². The monoisotopic (exact) mass is 261 g/mol. The molecule has 1 aromatic carbocycles. The van der Waals surface area contributed by atoms with Crippen molar-refractivity contribution < 1.29 is 0 Å². The van der Waals surface area contributed by atoms with Gasteiger partial charge in [-0.15, -0.1) is 0 Å². The Morgan fingerprint density at radius 2 is 2.05 bits per heavy atom. The van der Waals surface area contributed by atoms with Gasteiger partial charge in [-0.3, -0.25) is 0 Å². The maximum atomic E-state index is 6.08. The van der Waals surface area contributed by atoms with E-state index in [-0.39, 0.29) is 5.54 Å². The highest BCUT2D eigenvalue weighted by Gasteiger charge is 2.36. The zero-order valence-electron chi connectivity index (χ0n) is 12.7. The lowest BCUT2D eigenvalue weighted by Crippen LogP contribution is -2.60. The molecule has 2 N–H and O–H groups in total. The van der Waals surface area contributed by atoms with Crippen molar-refractivity contribution in [3.63, 3.8) is 0 Å². The van der Waals surface area contributed by atoms with Crippen molar-refractivity contribution in [3.05, 3.63) is 29.3 Å². The van der Waals surface area contributed by atoms with Gasteiger partial charge in [0.25, 0.3) is 0 Å². The van der Waals surface area contributed by atoms with Gasteiger partial charge in [0.2, 0.25) is 0 Å². The van der Waals surface area contributed by atoms with E-state index in [1.165, 1.54) is 29.7 Å². The number of hydrogen-bond acceptors (Lipinski definition) is 3. The number of likely N-dealkylation sites (N-methyl/N-ethyl adjacent to an activating group) is 1. The Morgan fingerprint density at radius 1 is 1.32 bits per heavy atom. The molecule has 0 amide bonds. The summed E-state index contributed by atoms with van der Waals surface area (Å²) in [4.78, 5) is 4.82. The fourth-order valence-corrected chi connectivity index (χ4v) is 3.11. The number of nitrogens with two attached hydrogens (primary N) is 1. The minimum Gasteiger partial charge on any atom is -0.369 e. The molecule has 19 heavy (non-hydrogen) atoms. The highest BCUT2D eigenvalue weighted by molar-refractivity contribution is 5.56. The smallest absolute Gasteiger partial charge is 0.0501 e. The summed E-state index contributed by atoms with van der Waals surface area (Å²) < 4.78 is 0. The van der Waals surface area contributed by atoms with Gasteiger partial charge < -0.3 is 15.5 Å². The van der Waals surface area contributed by atoms with Crippen molar-refractivity contribution in [1.29, 1.82) is 0 Å². The molecule has 1 fully saturated rings. The van der Waals surface area contributed by atoms with E-state index >= 15 is 0 Å². The molecule has 1 aliphatic rings. The molecule has 1 aromatic rings. The molecule has 0 aliphatic carbocycles. The molecule has 1 atom stereocenters. The number of hydrogen-bond donors (Lipinski definition) is 1. The molecule has 1 aliphatic heterocycles. The molecular formula is C16H27N3. The van der Waals surface area contributed by atoms with Gasteiger partial charge in [0, 0.05) is 25.3 Å². The number of benzene rings is 1. The van der Waals surface area contributed by atoms with Crippen molar-refractivity contribution >= 4 is 5.69 Å². The van der Waals surface area contributed by atoms with Gasteiger partial charge >= 0.3 is 0 Å². The average molecular weight is 261 g/mol. The van der Waals surface area contributed by atoms with Gasteiger partial charge in [-0.1, -0.05) is 12.1 Å². The molecule has 0 saturated carbocycles. The van der Waals surface area contributed by atoms with Crippen LogP contribution < -0.4 is 10.6 Å². The summed E-state index contributed by atoms with van der Waals surface area (Å²) in [5.41, 5.74) is 10.3. The summed E-state index contributed by atoms with van der Waals surface area (Å²) in [7, 11) is 4.30. The number of aryl methyl sites for hydroxylation is 1. The molecule has 106 valence electrons. The fourth-order valence-electron chi connectivity index (χ4n) is 3.11. The van der Waals surface area contributed by atoms with Crippen LogP contribution >= 0.6 is 0 Å². The zero-order chi connectivity index (χ0) is 14.0. The van der Waals surface area contributed by atoms with E-state index in [0.717, 1.165) is 19.6 Å². The standard InChI is InChI=1S/C16H27N3/c1-13-7-5-8-15(14(13)2)19-10-6-9-16(11-17,12-19)18(3)4/h5,7-8H,6,9-12,17H2,1-4H3. The quantitative estimate of drug-likeness (QED) is 0.905. The normalized spacial score (nSPS) is 24.0. The zero-order valence-corrected chi connectivity index (χ0v) is 12.7.